The SMILES string of the molecule is N#CCCN(Cc1cccnc1)C(=O)c1cccc(OCc2cn3ccccc3n2)c1. The first-order valence-corrected chi connectivity index (χ1v) is 9.93. The molecule has 4 aromatic rings. The lowest BCUT2D eigenvalue weighted by Crippen LogP contribution is -2.31. The molecule has 0 saturated carbocycles. The van der Waals surface area contributed by atoms with Crippen molar-refractivity contribution in [2.45, 2.75) is 19.6 Å². The first-order chi connectivity index (χ1) is 15.2. The van der Waals surface area contributed by atoms with Crippen LogP contribution in [0.2, 0.25) is 0 Å². The summed E-state index contributed by atoms with van der Waals surface area (Å²) in [6, 6.07) is 18.7. The maximum absolute atomic E-state index is 13.1. The molecule has 0 N–H and O–H groups in total. The van der Waals surface area contributed by atoms with Gasteiger partial charge in [0, 0.05) is 43.4 Å². The Bertz CT molecular complexity index is 1180. The Morgan fingerprint density at radius 2 is 2.10 bits per heavy atom. The monoisotopic (exact) mass is 411 g/mol. The van der Waals surface area contributed by atoms with Gasteiger partial charge in [0.1, 0.15) is 18.0 Å². The summed E-state index contributed by atoms with van der Waals surface area (Å²) in [6.07, 6.45) is 7.52. The highest BCUT2D eigenvalue weighted by atomic mass is 16.5. The van der Waals surface area contributed by atoms with Crippen LogP contribution in [-0.2, 0) is 13.2 Å². The molecule has 154 valence electrons. The van der Waals surface area contributed by atoms with Crippen molar-refractivity contribution in [3.05, 3.63) is 96.2 Å². The van der Waals surface area contributed by atoms with Crippen LogP contribution in [0.3, 0.4) is 0 Å². The van der Waals surface area contributed by atoms with Crippen LogP contribution >= 0.6 is 0 Å². The zero-order valence-corrected chi connectivity index (χ0v) is 16.9. The van der Waals surface area contributed by atoms with Crippen molar-refractivity contribution >= 4 is 11.6 Å². The van der Waals surface area contributed by atoms with Crippen LogP contribution in [0.5, 0.6) is 5.75 Å². The molecule has 4 rings (SSSR count). The molecule has 7 heteroatoms. The summed E-state index contributed by atoms with van der Waals surface area (Å²) in [5, 5.41) is 8.98. The molecule has 0 spiro atoms. The summed E-state index contributed by atoms with van der Waals surface area (Å²) in [4.78, 5) is 23.4. The largest absolute Gasteiger partial charge is 0.487 e. The van der Waals surface area contributed by atoms with Crippen LogP contribution in [0.25, 0.3) is 5.65 Å². The second kappa shape index (κ2) is 9.55. The Kier molecular flexibility index (Phi) is 6.19. The van der Waals surface area contributed by atoms with Gasteiger partial charge in [-0.3, -0.25) is 9.78 Å². The maximum atomic E-state index is 13.1. The summed E-state index contributed by atoms with van der Waals surface area (Å²) in [5.74, 6) is 0.432. The highest BCUT2D eigenvalue weighted by Crippen LogP contribution is 2.18. The molecule has 0 aliphatic heterocycles. The minimum atomic E-state index is -0.155. The average Bonchev–Trinajstić information content (AvgIpc) is 3.24. The lowest BCUT2D eigenvalue weighted by atomic mass is 10.1. The Morgan fingerprint density at radius 3 is 2.90 bits per heavy atom. The minimum absolute atomic E-state index is 0.155. The number of aromatic nitrogens is 3. The number of ether oxygens (including phenoxy) is 1. The Labute approximate surface area is 180 Å². The summed E-state index contributed by atoms with van der Waals surface area (Å²) in [5.41, 5.74) is 3.08. The van der Waals surface area contributed by atoms with Gasteiger partial charge >= 0.3 is 0 Å². The topological polar surface area (TPSA) is 83.5 Å². The maximum Gasteiger partial charge on any atom is 0.254 e. The predicted octanol–water partition coefficient (Wildman–Crippen LogP) is 3.86. The Balaban J connectivity index is 1.47. The molecule has 0 saturated heterocycles. The lowest BCUT2D eigenvalue weighted by Gasteiger charge is -2.22. The van der Waals surface area contributed by atoms with Crippen LogP contribution in [-0.4, -0.2) is 31.7 Å². The lowest BCUT2D eigenvalue weighted by molar-refractivity contribution is 0.0746. The van der Waals surface area contributed by atoms with Gasteiger partial charge in [-0.15, -0.1) is 0 Å². The van der Waals surface area contributed by atoms with E-state index < -0.39 is 0 Å². The van der Waals surface area contributed by atoms with Crippen molar-refractivity contribution in [1.29, 1.82) is 5.26 Å². The van der Waals surface area contributed by atoms with Gasteiger partial charge in [-0.2, -0.15) is 5.26 Å². The highest BCUT2D eigenvalue weighted by molar-refractivity contribution is 5.94. The van der Waals surface area contributed by atoms with Gasteiger partial charge in [-0.05, 0) is 42.0 Å². The molecule has 0 aliphatic carbocycles. The van der Waals surface area contributed by atoms with E-state index in [1.54, 1.807) is 35.5 Å². The summed E-state index contributed by atoms with van der Waals surface area (Å²) >= 11 is 0. The van der Waals surface area contributed by atoms with Crippen molar-refractivity contribution < 1.29 is 9.53 Å². The van der Waals surface area contributed by atoms with Crippen LogP contribution < -0.4 is 4.74 Å². The van der Waals surface area contributed by atoms with Crippen LogP contribution in [0.15, 0.2) is 79.4 Å². The molecule has 0 aliphatic rings. The molecule has 0 fully saturated rings. The van der Waals surface area contributed by atoms with Crippen molar-refractivity contribution in [2.75, 3.05) is 6.54 Å². The number of imidazole rings is 1. The molecule has 0 radical (unpaired) electrons. The van der Waals surface area contributed by atoms with Crippen molar-refractivity contribution in [3.63, 3.8) is 0 Å². The van der Waals surface area contributed by atoms with Gasteiger partial charge in [-0.1, -0.05) is 18.2 Å². The van der Waals surface area contributed by atoms with Crippen LogP contribution in [0.1, 0.15) is 28.0 Å². The van der Waals surface area contributed by atoms with Gasteiger partial charge in [0.05, 0.1) is 18.2 Å². The molecule has 31 heavy (non-hydrogen) atoms. The quantitative estimate of drug-likeness (QED) is 0.440. The Morgan fingerprint density at radius 1 is 1.16 bits per heavy atom. The molecule has 0 bridgehead atoms. The third-order valence-corrected chi connectivity index (χ3v) is 4.76. The number of rotatable bonds is 8. The zero-order chi connectivity index (χ0) is 21.5. The van der Waals surface area contributed by atoms with E-state index >= 15 is 0 Å². The fourth-order valence-electron chi connectivity index (χ4n) is 3.26. The number of fused-ring (bicyclic) bond motifs is 1. The normalized spacial score (nSPS) is 10.5. The molecule has 0 atom stereocenters. The van der Waals surface area contributed by atoms with Gasteiger partial charge < -0.3 is 14.0 Å². The fraction of sp³-hybridized carbons (Fsp3) is 0.167. The molecular formula is C24H21N5O2. The third-order valence-electron chi connectivity index (χ3n) is 4.76. The van der Waals surface area contributed by atoms with Crippen molar-refractivity contribution in [2.24, 2.45) is 0 Å². The zero-order valence-electron chi connectivity index (χ0n) is 16.9. The summed E-state index contributed by atoms with van der Waals surface area (Å²) < 4.78 is 7.82. The minimum Gasteiger partial charge on any atom is -0.487 e. The van der Waals surface area contributed by atoms with Crippen LogP contribution in [0, 0.1) is 11.3 Å². The fourth-order valence-corrected chi connectivity index (χ4v) is 3.26. The van der Waals surface area contributed by atoms with E-state index in [9.17, 15) is 4.79 Å². The molecule has 7 nitrogen and oxygen atoms in total. The molecule has 1 aromatic carbocycles. The van der Waals surface area contributed by atoms with E-state index in [0.717, 1.165) is 16.9 Å². The first kappa shape index (κ1) is 20.1. The number of amides is 1. The van der Waals surface area contributed by atoms with Crippen LogP contribution in [0.4, 0.5) is 0 Å². The molecule has 3 heterocycles. The number of nitrogens with zero attached hydrogens (tertiary/aromatic N) is 5. The van der Waals surface area contributed by atoms with E-state index in [0.29, 0.717) is 31.0 Å². The highest BCUT2D eigenvalue weighted by Gasteiger charge is 2.17. The number of nitriles is 1. The molecular weight excluding hydrogens is 390 g/mol. The summed E-state index contributed by atoms with van der Waals surface area (Å²) in [6.45, 7) is 1.03. The Hall–Kier alpha value is -4.18. The van der Waals surface area contributed by atoms with E-state index in [1.165, 1.54) is 0 Å². The standard InChI is InChI=1S/C24H21N5O2/c25-10-5-13-29(16-19-6-4-11-26-15-19)24(30)20-7-3-8-22(14-20)31-18-21-17-28-12-2-1-9-23(28)27-21/h1-4,6-9,11-12,14-15,17H,5,13,16,18H2. The van der Waals surface area contributed by atoms with E-state index in [4.69, 9.17) is 10.00 Å². The van der Waals surface area contributed by atoms with Gasteiger partial charge in [-0.25, -0.2) is 4.98 Å². The van der Waals surface area contributed by atoms with Crippen molar-refractivity contribution in [3.8, 4) is 11.8 Å². The molecule has 1 amide bonds. The van der Waals surface area contributed by atoms with E-state index in [-0.39, 0.29) is 12.3 Å². The first-order valence-electron chi connectivity index (χ1n) is 9.93. The number of carbonyl (C=O) groups is 1. The van der Waals surface area contributed by atoms with E-state index in [2.05, 4.69) is 16.0 Å². The van der Waals surface area contributed by atoms with Gasteiger partial charge in [0.25, 0.3) is 5.91 Å². The summed E-state index contributed by atoms with van der Waals surface area (Å²) in [7, 11) is 0. The molecule has 0 unspecified atom stereocenters. The van der Waals surface area contributed by atoms with Gasteiger partial charge in [0.2, 0.25) is 0 Å². The second-order valence-corrected chi connectivity index (χ2v) is 7.01. The molecule has 3 aromatic heterocycles. The number of hydrogen-bond acceptors (Lipinski definition) is 5. The number of pyridine rings is 2. The average molecular weight is 411 g/mol. The number of hydrogen-bond donors (Lipinski definition) is 0. The second-order valence-electron chi connectivity index (χ2n) is 7.01. The number of benzene rings is 1. The third kappa shape index (κ3) is 5.06. The number of carbonyl (C=O) groups excluding carboxylic acids is 1. The van der Waals surface area contributed by atoms with E-state index in [1.807, 2.05) is 53.2 Å². The van der Waals surface area contributed by atoms with Gasteiger partial charge in [0.15, 0.2) is 0 Å². The predicted molar refractivity (Wildman–Crippen MR) is 115 cm³/mol. The smallest absolute Gasteiger partial charge is 0.254 e. The van der Waals surface area contributed by atoms with Crippen molar-refractivity contribution in [1.82, 2.24) is 19.3 Å².